The average molecular weight is 423 g/mol. The third kappa shape index (κ3) is 4.11. The first-order valence-electron chi connectivity index (χ1n) is 9.86. The molecule has 3 aromatic rings. The summed E-state index contributed by atoms with van der Waals surface area (Å²) in [5.41, 5.74) is 7.62. The molecule has 7 nitrogen and oxygen atoms in total. The summed E-state index contributed by atoms with van der Waals surface area (Å²) in [4.78, 5) is 2.22. The van der Waals surface area contributed by atoms with Crippen molar-refractivity contribution in [2.75, 3.05) is 30.4 Å². The number of anilines is 2. The van der Waals surface area contributed by atoms with Crippen LogP contribution in [0.5, 0.6) is 5.75 Å². The van der Waals surface area contributed by atoms with E-state index in [0.29, 0.717) is 28.7 Å². The minimum absolute atomic E-state index is 0.239. The fraction of sp³-hybridized carbons (Fsp3) is 0.318. The molecule has 0 atom stereocenters. The molecule has 0 saturated carbocycles. The van der Waals surface area contributed by atoms with Gasteiger partial charge < -0.3 is 20.7 Å². The summed E-state index contributed by atoms with van der Waals surface area (Å²) in [7, 11) is 1.59. The molecule has 30 heavy (non-hydrogen) atoms. The first kappa shape index (κ1) is 20.2. The summed E-state index contributed by atoms with van der Waals surface area (Å²) in [5, 5.41) is 24.1. The lowest BCUT2D eigenvalue weighted by atomic mass is 10.0. The van der Waals surface area contributed by atoms with Gasteiger partial charge in [-0.25, -0.2) is 0 Å². The van der Waals surface area contributed by atoms with E-state index in [9.17, 15) is 5.26 Å². The first-order valence-corrected chi connectivity index (χ1v) is 10.2. The van der Waals surface area contributed by atoms with Crippen LogP contribution in [0.2, 0.25) is 5.02 Å². The molecule has 1 aliphatic rings. The van der Waals surface area contributed by atoms with Gasteiger partial charge in [0.2, 0.25) is 0 Å². The number of ether oxygens (including phenoxy) is 1. The molecule has 1 saturated heterocycles. The number of nitrogens with zero attached hydrogens (tertiary/aromatic N) is 4. The van der Waals surface area contributed by atoms with E-state index in [1.165, 1.54) is 0 Å². The maximum Gasteiger partial charge on any atom is 0.159 e. The normalized spacial score (nSPS) is 14.5. The second kappa shape index (κ2) is 8.74. The maximum atomic E-state index is 9.37. The summed E-state index contributed by atoms with van der Waals surface area (Å²) in [5.74, 6) is 2.10. The number of methoxy groups -OCH3 is 1. The van der Waals surface area contributed by atoms with Crippen molar-refractivity contribution in [1.82, 2.24) is 10.2 Å². The van der Waals surface area contributed by atoms with Crippen molar-refractivity contribution >= 4 is 34.0 Å². The molecule has 0 bridgehead atoms. The molecule has 3 N–H and O–H groups in total. The van der Waals surface area contributed by atoms with E-state index in [4.69, 9.17) is 22.1 Å². The van der Waals surface area contributed by atoms with E-state index in [1.807, 2.05) is 36.4 Å². The van der Waals surface area contributed by atoms with Crippen molar-refractivity contribution in [3.05, 3.63) is 52.5 Å². The highest BCUT2D eigenvalue weighted by molar-refractivity contribution is 6.32. The van der Waals surface area contributed by atoms with E-state index in [0.717, 1.165) is 48.1 Å². The van der Waals surface area contributed by atoms with Gasteiger partial charge in [-0.05, 0) is 48.7 Å². The van der Waals surface area contributed by atoms with Gasteiger partial charge >= 0.3 is 0 Å². The molecule has 8 heteroatoms. The zero-order valence-electron chi connectivity index (χ0n) is 16.7. The first-order chi connectivity index (χ1) is 14.6. The van der Waals surface area contributed by atoms with Gasteiger partial charge in [-0.1, -0.05) is 17.7 Å². The van der Waals surface area contributed by atoms with Crippen LogP contribution in [0.3, 0.4) is 0 Å². The maximum absolute atomic E-state index is 9.37. The van der Waals surface area contributed by atoms with Crippen molar-refractivity contribution in [1.29, 1.82) is 5.26 Å². The number of piperidine rings is 1. The highest BCUT2D eigenvalue weighted by atomic mass is 35.5. The third-order valence-corrected chi connectivity index (χ3v) is 5.70. The minimum atomic E-state index is 0.239. The second-order valence-corrected chi connectivity index (χ2v) is 7.80. The second-order valence-electron chi connectivity index (χ2n) is 7.39. The Labute approximate surface area is 180 Å². The van der Waals surface area contributed by atoms with Gasteiger partial charge in [0.05, 0.1) is 23.8 Å². The Kier molecular flexibility index (Phi) is 5.88. The monoisotopic (exact) mass is 422 g/mol. The molecule has 0 radical (unpaired) electrons. The van der Waals surface area contributed by atoms with Crippen LogP contribution >= 0.6 is 11.6 Å². The van der Waals surface area contributed by atoms with Gasteiger partial charge in [0.15, 0.2) is 11.6 Å². The average Bonchev–Trinajstić information content (AvgIpc) is 2.77. The number of aromatic nitrogens is 2. The van der Waals surface area contributed by atoms with Gasteiger partial charge in [0.25, 0.3) is 0 Å². The van der Waals surface area contributed by atoms with Gasteiger partial charge in [-0.2, -0.15) is 5.26 Å². The van der Waals surface area contributed by atoms with Crippen LogP contribution in [0, 0.1) is 11.3 Å². The fourth-order valence-electron chi connectivity index (χ4n) is 3.69. The van der Waals surface area contributed by atoms with E-state index in [-0.39, 0.29) is 6.04 Å². The predicted molar refractivity (Wildman–Crippen MR) is 119 cm³/mol. The number of fused-ring (bicyclic) bond motifs is 1. The van der Waals surface area contributed by atoms with Gasteiger partial charge in [0.1, 0.15) is 5.75 Å². The number of nitriles is 1. The van der Waals surface area contributed by atoms with Crippen LogP contribution in [-0.2, 0) is 6.54 Å². The molecule has 4 rings (SSSR count). The quantitative estimate of drug-likeness (QED) is 0.646. The minimum Gasteiger partial charge on any atom is -0.495 e. The number of benzene rings is 2. The number of hydrogen-bond donors (Lipinski definition) is 2. The number of rotatable bonds is 5. The van der Waals surface area contributed by atoms with Gasteiger partial charge in [-0.3, -0.25) is 0 Å². The van der Waals surface area contributed by atoms with Crippen LogP contribution < -0.4 is 20.7 Å². The molecular weight excluding hydrogens is 400 g/mol. The van der Waals surface area contributed by atoms with E-state index < -0.39 is 0 Å². The van der Waals surface area contributed by atoms with Crippen molar-refractivity contribution < 1.29 is 4.74 Å². The fourth-order valence-corrected chi connectivity index (χ4v) is 3.97. The van der Waals surface area contributed by atoms with Crippen molar-refractivity contribution in [3.63, 3.8) is 0 Å². The summed E-state index contributed by atoms with van der Waals surface area (Å²) >= 11 is 6.23. The molecule has 1 fully saturated rings. The Morgan fingerprint density at radius 1 is 1.20 bits per heavy atom. The van der Waals surface area contributed by atoms with Crippen molar-refractivity contribution in [2.45, 2.75) is 25.4 Å². The Balaban J connectivity index is 1.65. The summed E-state index contributed by atoms with van der Waals surface area (Å²) in [6.45, 7) is 2.21. The van der Waals surface area contributed by atoms with E-state index in [1.54, 1.807) is 7.11 Å². The Bertz CT molecular complexity index is 1100. The SMILES string of the molecule is COc1ccc(CNc2nnc(N3CCC(N)CC3)c3ccc(C#N)cc23)cc1Cl. The molecule has 0 unspecified atom stereocenters. The van der Waals surface area contributed by atoms with E-state index in [2.05, 4.69) is 26.5 Å². The third-order valence-electron chi connectivity index (χ3n) is 5.40. The number of halogens is 1. The number of nitrogens with two attached hydrogens (primary N) is 1. The van der Waals surface area contributed by atoms with Crippen LogP contribution in [0.25, 0.3) is 10.8 Å². The molecule has 2 heterocycles. The zero-order chi connectivity index (χ0) is 21.1. The topological polar surface area (TPSA) is 100 Å². The molecule has 2 aromatic carbocycles. The van der Waals surface area contributed by atoms with Crippen LogP contribution in [0.1, 0.15) is 24.0 Å². The van der Waals surface area contributed by atoms with Crippen LogP contribution in [0.15, 0.2) is 36.4 Å². The zero-order valence-corrected chi connectivity index (χ0v) is 17.5. The molecule has 0 aliphatic carbocycles. The molecule has 1 aliphatic heterocycles. The molecular formula is C22H23ClN6O. The lowest BCUT2D eigenvalue weighted by molar-refractivity contribution is 0.415. The summed E-state index contributed by atoms with van der Waals surface area (Å²) < 4.78 is 5.21. The lowest BCUT2D eigenvalue weighted by Crippen LogP contribution is -2.40. The Hall–Kier alpha value is -3.08. The standard InChI is InChI=1S/C22H23ClN6O/c1-30-20-5-3-15(11-19(20)23)13-26-21-18-10-14(12-24)2-4-17(18)22(28-27-21)29-8-6-16(25)7-9-29/h2-5,10-11,16H,6-9,13,25H2,1H3,(H,26,27). The molecule has 0 amide bonds. The number of hydrogen-bond acceptors (Lipinski definition) is 7. The highest BCUT2D eigenvalue weighted by Crippen LogP contribution is 2.31. The van der Waals surface area contributed by atoms with Crippen LogP contribution in [-0.4, -0.2) is 36.4 Å². The summed E-state index contributed by atoms with van der Waals surface area (Å²) in [6.07, 6.45) is 1.86. The molecule has 154 valence electrons. The Morgan fingerprint density at radius 2 is 2.00 bits per heavy atom. The van der Waals surface area contributed by atoms with Gasteiger partial charge in [-0.15, -0.1) is 10.2 Å². The highest BCUT2D eigenvalue weighted by Gasteiger charge is 2.21. The lowest BCUT2D eigenvalue weighted by Gasteiger charge is -2.31. The van der Waals surface area contributed by atoms with Gasteiger partial charge in [0, 0.05) is 36.4 Å². The van der Waals surface area contributed by atoms with Crippen molar-refractivity contribution in [3.8, 4) is 11.8 Å². The number of nitrogens with one attached hydrogen (secondary N) is 1. The summed E-state index contributed by atoms with van der Waals surface area (Å²) in [6, 6.07) is 13.7. The van der Waals surface area contributed by atoms with E-state index >= 15 is 0 Å². The molecule has 0 spiro atoms. The predicted octanol–water partition coefficient (Wildman–Crippen LogP) is 3.70. The molecule has 1 aromatic heterocycles. The Morgan fingerprint density at radius 3 is 2.70 bits per heavy atom. The largest absolute Gasteiger partial charge is 0.495 e. The van der Waals surface area contributed by atoms with Crippen LogP contribution in [0.4, 0.5) is 11.6 Å². The van der Waals surface area contributed by atoms with Crippen molar-refractivity contribution in [2.24, 2.45) is 5.73 Å². The smallest absolute Gasteiger partial charge is 0.159 e.